The SMILES string of the molecule is CCCOC1=C(N(C)CC)C/C=C/C(c2ccccc2)C(C/C2=C/C/C=C(/C3CCCCC3)C=CC2)=N1. The number of benzene rings is 1. The molecule has 0 aromatic heterocycles. The summed E-state index contributed by atoms with van der Waals surface area (Å²) < 4.78 is 6.31. The Morgan fingerprint density at radius 1 is 0.973 bits per heavy atom. The Bertz CT molecular complexity index is 1050. The molecular formula is C34H46N2O. The summed E-state index contributed by atoms with van der Waals surface area (Å²) in [4.78, 5) is 7.59. The highest BCUT2D eigenvalue weighted by Crippen LogP contribution is 2.33. The lowest BCUT2D eigenvalue weighted by Gasteiger charge is -2.26. The van der Waals surface area contributed by atoms with Crippen LogP contribution < -0.4 is 0 Å². The first-order valence-corrected chi connectivity index (χ1v) is 14.6. The summed E-state index contributed by atoms with van der Waals surface area (Å²) in [5, 5.41) is 0. The molecule has 1 heterocycles. The first-order valence-electron chi connectivity index (χ1n) is 14.6. The van der Waals surface area contributed by atoms with Crippen LogP contribution in [0.1, 0.15) is 89.5 Å². The maximum Gasteiger partial charge on any atom is 0.233 e. The molecule has 3 heteroatoms. The van der Waals surface area contributed by atoms with Gasteiger partial charge in [0.25, 0.3) is 0 Å². The van der Waals surface area contributed by atoms with Crippen LogP contribution in [0.2, 0.25) is 0 Å². The van der Waals surface area contributed by atoms with Gasteiger partial charge in [-0.1, -0.05) is 98.5 Å². The van der Waals surface area contributed by atoms with Crippen LogP contribution in [-0.4, -0.2) is 30.8 Å². The average molecular weight is 499 g/mol. The van der Waals surface area contributed by atoms with Crippen LogP contribution in [0.15, 0.2) is 94.5 Å². The fraction of sp³-hybridized carbons (Fsp3) is 0.500. The molecule has 0 N–H and O–H groups in total. The monoisotopic (exact) mass is 498 g/mol. The Kier molecular flexibility index (Phi) is 10.5. The third-order valence-corrected chi connectivity index (χ3v) is 7.96. The highest BCUT2D eigenvalue weighted by atomic mass is 16.5. The van der Waals surface area contributed by atoms with E-state index in [4.69, 9.17) is 9.73 Å². The van der Waals surface area contributed by atoms with Crippen molar-refractivity contribution in [2.75, 3.05) is 20.2 Å². The molecule has 1 saturated carbocycles. The van der Waals surface area contributed by atoms with E-state index < -0.39 is 0 Å². The molecule has 198 valence electrons. The zero-order valence-electron chi connectivity index (χ0n) is 23.3. The van der Waals surface area contributed by atoms with Crippen LogP contribution >= 0.6 is 0 Å². The number of nitrogens with zero attached hydrogens (tertiary/aromatic N) is 2. The Balaban J connectivity index is 1.65. The molecule has 1 unspecified atom stereocenters. The molecule has 0 saturated heterocycles. The van der Waals surface area contributed by atoms with Crippen molar-refractivity contribution in [1.82, 2.24) is 4.90 Å². The standard InChI is InChI=1S/C34H46N2O/c1-4-25-37-34-33(36(3)5-2)24-14-23-31(30-19-10-7-11-20-30)32(35-34)26-27-15-12-21-29(22-13-16-27)28-17-8-6-9-18-28/h7,10-12,14,16,19-23,28,31H,4-6,8-9,13,15,17-18,24-26H2,1-3H3/b21-12?,23-14+,27-16+,29-22+,34-33?,35-32?. The highest BCUT2D eigenvalue weighted by Gasteiger charge is 2.22. The highest BCUT2D eigenvalue weighted by molar-refractivity contribution is 5.95. The van der Waals surface area contributed by atoms with E-state index in [2.05, 4.69) is 92.6 Å². The van der Waals surface area contributed by atoms with Gasteiger partial charge in [0.2, 0.25) is 5.88 Å². The van der Waals surface area contributed by atoms with E-state index in [0.717, 1.165) is 50.4 Å². The lowest BCUT2D eigenvalue weighted by Crippen LogP contribution is -2.22. The van der Waals surface area contributed by atoms with Gasteiger partial charge in [-0.05, 0) is 56.1 Å². The second-order valence-electron chi connectivity index (χ2n) is 10.7. The van der Waals surface area contributed by atoms with Gasteiger partial charge in [0.15, 0.2) is 0 Å². The topological polar surface area (TPSA) is 24.8 Å². The van der Waals surface area contributed by atoms with Gasteiger partial charge in [0.1, 0.15) is 0 Å². The van der Waals surface area contributed by atoms with Crippen LogP contribution in [0.25, 0.3) is 0 Å². The summed E-state index contributed by atoms with van der Waals surface area (Å²) >= 11 is 0. The smallest absolute Gasteiger partial charge is 0.233 e. The van der Waals surface area contributed by atoms with Crippen molar-refractivity contribution >= 4 is 5.71 Å². The van der Waals surface area contributed by atoms with Crippen LogP contribution in [-0.2, 0) is 4.74 Å². The molecule has 0 amide bonds. The molecule has 1 atom stereocenters. The van der Waals surface area contributed by atoms with Gasteiger partial charge in [-0.25, -0.2) is 4.99 Å². The fourth-order valence-corrected chi connectivity index (χ4v) is 5.69. The van der Waals surface area contributed by atoms with Crippen LogP contribution in [0.3, 0.4) is 0 Å². The van der Waals surface area contributed by atoms with E-state index >= 15 is 0 Å². The number of hydrogen-bond donors (Lipinski definition) is 0. The molecular weight excluding hydrogens is 452 g/mol. The maximum absolute atomic E-state index is 6.31. The molecule has 4 rings (SSSR count). The summed E-state index contributed by atoms with van der Waals surface area (Å²) in [5.41, 5.74) is 6.65. The summed E-state index contributed by atoms with van der Waals surface area (Å²) in [6.07, 6.45) is 26.0. The molecule has 0 bridgehead atoms. The molecule has 37 heavy (non-hydrogen) atoms. The normalized spacial score (nSPS) is 24.9. The number of aliphatic imine (C=N–C) groups is 1. The van der Waals surface area contributed by atoms with Gasteiger partial charge >= 0.3 is 0 Å². The fourth-order valence-electron chi connectivity index (χ4n) is 5.69. The molecule has 3 aliphatic rings. The molecule has 1 aromatic rings. The van der Waals surface area contributed by atoms with E-state index in [9.17, 15) is 0 Å². The number of ether oxygens (including phenoxy) is 1. The van der Waals surface area contributed by atoms with Gasteiger partial charge in [-0.15, -0.1) is 0 Å². The molecule has 0 spiro atoms. The van der Waals surface area contributed by atoms with Gasteiger partial charge in [-0.3, -0.25) is 0 Å². The van der Waals surface area contributed by atoms with Gasteiger partial charge < -0.3 is 9.64 Å². The minimum Gasteiger partial charge on any atom is -0.476 e. The van der Waals surface area contributed by atoms with E-state index in [0.29, 0.717) is 6.61 Å². The van der Waals surface area contributed by atoms with Crippen molar-refractivity contribution in [2.24, 2.45) is 10.9 Å². The molecule has 1 aromatic carbocycles. The third kappa shape index (κ3) is 7.60. The first kappa shape index (κ1) is 27.2. The van der Waals surface area contributed by atoms with Crippen molar-refractivity contribution in [2.45, 2.75) is 84.0 Å². The molecule has 3 nitrogen and oxygen atoms in total. The van der Waals surface area contributed by atoms with E-state index in [1.807, 2.05) is 0 Å². The zero-order valence-corrected chi connectivity index (χ0v) is 23.3. The zero-order chi connectivity index (χ0) is 25.9. The van der Waals surface area contributed by atoms with Crippen LogP contribution in [0.5, 0.6) is 0 Å². The maximum atomic E-state index is 6.31. The largest absolute Gasteiger partial charge is 0.476 e. The number of rotatable bonds is 9. The first-order chi connectivity index (χ1) is 18.2. The molecule has 1 aliphatic heterocycles. The predicted octanol–water partition coefficient (Wildman–Crippen LogP) is 8.89. The second kappa shape index (κ2) is 14.2. The van der Waals surface area contributed by atoms with Gasteiger partial charge in [-0.2, -0.15) is 0 Å². The van der Waals surface area contributed by atoms with Crippen molar-refractivity contribution in [3.05, 3.63) is 95.1 Å². The Hall–Kier alpha value is -2.81. The second-order valence-corrected chi connectivity index (χ2v) is 10.7. The summed E-state index contributed by atoms with van der Waals surface area (Å²) in [6, 6.07) is 10.8. The van der Waals surface area contributed by atoms with Crippen molar-refractivity contribution in [3.63, 3.8) is 0 Å². The molecule has 2 aliphatic carbocycles. The lowest BCUT2D eigenvalue weighted by molar-refractivity contribution is 0.195. The number of allylic oxidation sites excluding steroid dienone is 8. The minimum absolute atomic E-state index is 0.151. The molecule has 0 radical (unpaired) electrons. The van der Waals surface area contributed by atoms with E-state index in [-0.39, 0.29) is 5.92 Å². The Labute approximate surface area is 225 Å². The quantitative estimate of drug-likeness (QED) is 0.318. The summed E-state index contributed by atoms with van der Waals surface area (Å²) in [7, 11) is 2.14. The Morgan fingerprint density at radius 3 is 2.54 bits per heavy atom. The van der Waals surface area contributed by atoms with E-state index in [1.54, 1.807) is 5.57 Å². The van der Waals surface area contributed by atoms with Crippen molar-refractivity contribution in [3.8, 4) is 0 Å². The predicted molar refractivity (Wildman–Crippen MR) is 158 cm³/mol. The van der Waals surface area contributed by atoms with Gasteiger partial charge in [0, 0.05) is 38.1 Å². The summed E-state index contributed by atoms with van der Waals surface area (Å²) in [5.74, 6) is 1.71. The van der Waals surface area contributed by atoms with E-state index in [1.165, 1.54) is 54.6 Å². The molecule has 1 fully saturated rings. The van der Waals surface area contributed by atoms with Gasteiger partial charge in [0.05, 0.1) is 12.3 Å². The lowest BCUT2D eigenvalue weighted by atomic mass is 9.82. The average Bonchev–Trinajstić information content (AvgIpc) is 2.91. The summed E-state index contributed by atoms with van der Waals surface area (Å²) in [6.45, 7) is 5.96. The Morgan fingerprint density at radius 2 is 1.78 bits per heavy atom. The van der Waals surface area contributed by atoms with Crippen LogP contribution in [0.4, 0.5) is 0 Å². The minimum atomic E-state index is 0.151. The number of hydrogen-bond acceptors (Lipinski definition) is 3. The third-order valence-electron chi connectivity index (χ3n) is 7.96. The van der Waals surface area contributed by atoms with Crippen molar-refractivity contribution < 1.29 is 4.74 Å². The van der Waals surface area contributed by atoms with Crippen LogP contribution in [0, 0.1) is 5.92 Å². The van der Waals surface area contributed by atoms with Crippen molar-refractivity contribution in [1.29, 1.82) is 0 Å².